The van der Waals surface area contributed by atoms with Gasteiger partial charge in [0, 0.05) is 35.7 Å². The maximum absolute atomic E-state index is 12.9. The van der Waals surface area contributed by atoms with Crippen molar-refractivity contribution in [1.82, 2.24) is 14.6 Å². The van der Waals surface area contributed by atoms with Crippen molar-refractivity contribution in [2.75, 3.05) is 26.1 Å². The lowest BCUT2D eigenvalue weighted by atomic mass is 9.85. The van der Waals surface area contributed by atoms with Gasteiger partial charge in [0.1, 0.15) is 0 Å². The van der Waals surface area contributed by atoms with Crippen molar-refractivity contribution in [3.05, 3.63) is 23.4 Å². The van der Waals surface area contributed by atoms with E-state index in [1.54, 1.807) is 4.90 Å². The number of amides is 1. The Hall–Kier alpha value is -1.91. The van der Waals surface area contributed by atoms with Gasteiger partial charge >= 0.3 is 6.09 Å². The molecule has 33 heavy (non-hydrogen) atoms. The zero-order valence-electron chi connectivity index (χ0n) is 19.7. The van der Waals surface area contributed by atoms with E-state index in [4.69, 9.17) is 19.2 Å². The van der Waals surface area contributed by atoms with E-state index in [0.29, 0.717) is 31.2 Å². The third kappa shape index (κ3) is 5.96. The van der Waals surface area contributed by atoms with Gasteiger partial charge in [0.05, 0.1) is 38.2 Å². The highest BCUT2D eigenvalue weighted by Gasteiger charge is 2.44. The molecular weight excluding hydrogens is 446 g/mol. The van der Waals surface area contributed by atoms with E-state index in [9.17, 15) is 13.2 Å². The summed E-state index contributed by atoms with van der Waals surface area (Å²) in [6, 6.07) is 3.17. The zero-order chi connectivity index (χ0) is 23.6. The minimum Gasteiger partial charge on any atom is -0.477 e. The molecule has 0 unspecified atom stereocenters. The van der Waals surface area contributed by atoms with E-state index < -0.39 is 28.2 Å². The van der Waals surface area contributed by atoms with Crippen LogP contribution in [0.5, 0.6) is 5.88 Å². The molecule has 1 aliphatic carbocycles. The van der Waals surface area contributed by atoms with Crippen LogP contribution in [0.15, 0.2) is 12.1 Å². The minimum absolute atomic E-state index is 0.0748. The third-order valence-electron chi connectivity index (χ3n) is 6.89. The summed E-state index contributed by atoms with van der Waals surface area (Å²) in [5.41, 5.74) is 2.04. The van der Waals surface area contributed by atoms with Gasteiger partial charge in [-0.15, -0.1) is 0 Å². The number of nitrogens with zero attached hydrogens (tertiary/aromatic N) is 2. The second-order valence-corrected chi connectivity index (χ2v) is 11.3. The monoisotopic (exact) mass is 481 g/mol. The van der Waals surface area contributed by atoms with E-state index in [0.717, 1.165) is 43.2 Å². The van der Waals surface area contributed by atoms with Crippen LogP contribution < -0.4 is 9.46 Å². The van der Waals surface area contributed by atoms with Crippen LogP contribution in [0, 0.1) is 6.92 Å². The normalized spacial score (nSPS) is 31.4. The first-order valence-electron chi connectivity index (χ1n) is 11.9. The van der Waals surface area contributed by atoms with E-state index in [1.165, 1.54) is 0 Å². The zero-order valence-corrected chi connectivity index (χ0v) is 20.5. The molecule has 184 valence electrons. The average Bonchev–Trinajstić information content (AvgIpc) is 3.06. The second kappa shape index (κ2) is 10.1. The summed E-state index contributed by atoms with van der Waals surface area (Å²) in [6.07, 6.45) is 5.56. The summed E-state index contributed by atoms with van der Waals surface area (Å²) >= 11 is 0. The van der Waals surface area contributed by atoms with Gasteiger partial charge in [0.15, 0.2) is 0 Å². The first-order valence-corrected chi connectivity index (χ1v) is 13.7. The summed E-state index contributed by atoms with van der Waals surface area (Å²) in [5.74, 6) is 1.01. The van der Waals surface area contributed by atoms with Crippen LogP contribution >= 0.6 is 0 Å². The highest BCUT2D eigenvalue weighted by Crippen LogP contribution is 2.35. The van der Waals surface area contributed by atoms with E-state index in [-0.39, 0.29) is 25.4 Å². The molecule has 1 amide bonds. The van der Waals surface area contributed by atoms with Crippen LogP contribution in [0.1, 0.15) is 62.6 Å². The summed E-state index contributed by atoms with van der Waals surface area (Å²) in [5, 5.41) is 0. The lowest BCUT2D eigenvalue weighted by molar-refractivity contribution is -0.0107. The average molecular weight is 482 g/mol. The SMILES string of the molecule is Cc1ccc2nc1OCCCOC(=O)N1[C@H](C)C[C@H](NS(C)(=O)=O)[C@@H]1COC1CCC2CC1. The Bertz CT molecular complexity index is 948. The molecule has 0 aromatic carbocycles. The molecule has 1 saturated heterocycles. The summed E-state index contributed by atoms with van der Waals surface area (Å²) in [6.45, 7) is 4.78. The Morgan fingerprint density at radius 3 is 2.58 bits per heavy atom. The van der Waals surface area contributed by atoms with E-state index in [2.05, 4.69) is 16.9 Å². The Kier molecular flexibility index (Phi) is 7.45. The molecule has 9 nitrogen and oxygen atoms in total. The second-order valence-electron chi connectivity index (χ2n) is 9.54. The first kappa shape index (κ1) is 24.2. The fourth-order valence-electron chi connectivity index (χ4n) is 5.19. The molecule has 0 radical (unpaired) electrons. The van der Waals surface area contributed by atoms with Crippen LogP contribution in [0.2, 0.25) is 0 Å². The molecule has 1 aromatic rings. The number of carbonyl (C=O) groups excluding carboxylic acids is 1. The first-order chi connectivity index (χ1) is 15.7. The maximum atomic E-state index is 12.9. The van der Waals surface area contributed by atoms with Crippen LogP contribution in [-0.4, -0.2) is 74.7 Å². The number of rotatable bonds is 2. The molecule has 1 N–H and O–H groups in total. The number of hydrogen-bond acceptors (Lipinski definition) is 7. The van der Waals surface area contributed by atoms with E-state index >= 15 is 0 Å². The molecule has 3 atom stereocenters. The molecule has 1 saturated carbocycles. The molecule has 0 spiro atoms. The minimum atomic E-state index is -3.42. The van der Waals surface area contributed by atoms with Gasteiger partial charge in [-0.1, -0.05) is 6.07 Å². The fraction of sp³-hybridized carbons (Fsp3) is 0.739. The van der Waals surface area contributed by atoms with Crippen molar-refractivity contribution in [3.8, 4) is 5.88 Å². The van der Waals surface area contributed by atoms with Gasteiger partial charge in [-0.25, -0.2) is 22.9 Å². The fourth-order valence-corrected chi connectivity index (χ4v) is 6.00. The van der Waals surface area contributed by atoms with Crippen LogP contribution in [0.4, 0.5) is 4.79 Å². The number of fused-ring (bicyclic) bond motifs is 8. The predicted molar refractivity (Wildman–Crippen MR) is 123 cm³/mol. The van der Waals surface area contributed by atoms with Crippen molar-refractivity contribution in [1.29, 1.82) is 0 Å². The Morgan fingerprint density at radius 2 is 1.85 bits per heavy atom. The molecule has 1 aromatic heterocycles. The van der Waals surface area contributed by atoms with Crippen molar-refractivity contribution in [2.24, 2.45) is 0 Å². The smallest absolute Gasteiger partial charge is 0.410 e. The topological polar surface area (TPSA) is 107 Å². The molecule has 4 heterocycles. The van der Waals surface area contributed by atoms with Crippen LogP contribution in [-0.2, 0) is 19.5 Å². The van der Waals surface area contributed by atoms with Gasteiger partial charge in [-0.3, -0.25) is 4.90 Å². The van der Waals surface area contributed by atoms with Crippen molar-refractivity contribution >= 4 is 16.1 Å². The lowest BCUT2D eigenvalue weighted by Crippen LogP contribution is -2.50. The highest BCUT2D eigenvalue weighted by atomic mass is 32.2. The van der Waals surface area contributed by atoms with Crippen molar-refractivity contribution in [3.63, 3.8) is 0 Å². The summed E-state index contributed by atoms with van der Waals surface area (Å²) in [7, 11) is -3.42. The number of aromatic nitrogens is 1. The van der Waals surface area contributed by atoms with Crippen molar-refractivity contribution in [2.45, 2.75) is 82.5 Å². The molecule has 4 aliphatic rings. The summed E-state index contributed by atoms with van der Waals surface area (Å²) < 4.78 is 44.3. The number of sulfonamides is 1. The Morgan fingerprint density at radius 1 is 1.12 bits per heavy atom. The largest absolute Gasteiger partial charge is 0.477 e. The van der Waals surface area contributed by atoms with Gasteiger partial charge in [0.2, 0.25) is 15.9 Å². The molecule has 4 bridgehead atoms. The molecule has 10 heteroatoms. The number of hydrogen-bond donors (Lipinski definition) is 1. The number of carbonyl (C=O) groups is 1. The Balaban J connectivity index is 1.53. The van der Waals surface area contributed by atoms with Gasteiger partial charge < -0.3 is 14.2 Å². The third-order valence-corrected chi connectivity index (χ3v) is 7.62. The summed E-state index contributed by atoms with van der Waals surface area (Å²) in [4.78, 5) is 19.3. The standard InChI is InChI=1S/C23H35N3O6S/c1-15-5-10-19-17-6-8-18(9-7-17)32-14-21-20(25-33(3,28)29)13-16(2)26(21)23(27)31-12-4-11-30-22(15)24-19/h5,10,16-18,20-21,25H,4,6-9,11-14H2,1-3H3/t16-,17?,18?,20+,21+/m1/s1. The van der Waals surface area contributed by atoms with E-state index in [1.807, 2.05) is 13.8 Å². The molecule has 3 aliphatic heterocycles. The molecular formula is C23H35N3O6S. The van der Waals surface area contributed by atoms with Gasteiger partial charge in [-0.2, -0.15) is 0 Å². The highest BCUT2D eigenvalue weighted by molar-refractivity contribution is 7.88. The maximum Gasteiger partial charge on any atom is 0.410 e. The quantitative estimate of drug-likeness (QED) is 0.692. The molecule has 5 rings (SSSR count). The molecule has 2 fully saturated rings. The lowest BCUT2D eigenvalue weighted by Gasteiger charge is -2.33. The predicted octanol–water partition coefficient (Wildman–Crippen LogP) is 2.73. The number of aryl methyl sites for hydroxylation is 1. The number of nitrogens with one attached hydrogen (secondary N) is 1. The van der Waals surface area contributed by atoms with Crippen LogP contribution in [0.25, 0.3) is 0 Å². The van der Waals surface area contributed by atoms with Crippen molar-refractivity contribution < 1.29 is 27.4 Å². The number of ether oxygens (including phenoxy) is 3. The van der Waals surface area contributed by atoms with Gasteiger partial charge in [-0.05, 0) is 52.0 Å². The van der Waals surface area contributed by atoms with Crippen LogP contribution in [0.3, 0.4) is 0 Å². The van der Waals surface area contributed by atoms with Gasteiger partial charge in [0.25, 0.3) is 0 Å². The number of pyridine rings is 1. The Labute approximate surface area is 196 Å².